The molecule has 0 saturated heterocycles. The lowest BCUT2D eigenvalue weighted by Gasteiger charge is -2.06. The van der Waals surface area contributed by atoms with Gasteiger partial charge in [-0.15, -0.1) is 0 Å². The molecule has 0 bridgehead atoms. The highest BCUT2D eigenvalue weighted by Crippen LogP contribution is 2.32. The van der Waals surface area contributed by atoms with Crippen LogP contribution < -0.4 is 4.74 Å². The van der Waals surface area contributed by atoms with E-state index in [9.17, 15) is 4.79 Å². The molecule has 0 radical (unpaired) electrons. The Balaban J connectivity index is 2.20. The number of nitrogens with one attached hydrogen (secondary N) is 1. The number of carbonyl (C=O) groups is 1. The summed E-state index contributed by atoms with van der Waals surface area (Å²) in [6, 6.07) is 11.2. The number of hydrogen-bond donors (Lipinski definition) is 1. The molecule has 0 amide bonds. The van der Waals surface area contributed by atoms with E-state index in [1.807, 2.05) is 30.3 Å². The second kappa shape index (κ2) is 5.66. The van der Waals surface area contributed by atoms with E-state index in [2.05, 4.69) is 36.8 Å². The van der Waals surface area contributed by atoms with Crippen LogP contribution in [0, 0.1) is 0 Å². The number of aromatic amines is 1. The van der Waals surface area contributed by atoms with Crippen LogP contribution in [0.1, 0.15) is 15.9 Å². The van der Waals surface area contributed by atoms with Crippen LogP contribution >= 0.6 is 31.9 Å². The average Bonchev–Trinajstić information content (AvgIpc) is 2.93. The van der Waals surface area contributed by atoms with Crippen molar-refractivity contribution in [2.45, 2.75) is 0 Å². The summed E-state index contributed by atoms with van der Waals surface area (Å²) in [5.74, 6) is 0.627. The molecule has 2 aromatic carbocycles. The van der Waals surface area contributed by atoms with Gasteiger partial charge >= 0.3 is 0 Å². The Labute approximate surface area is 138 Å². The standard InChI is InChI=1S/C16H11Br2NO2/c1-21-14-4-2-3-13-15(14)11(8-19-13)16(20)10-7-9(17)5-6-12(10)18/h2-8,19H,1H3. The van der Waals surface area contributed by atoms with Crippen LogP contribution in [0.3, 0.4) is 0 Å². The van der Waals surface area contributed by atoms with Crippen molar-refractivity contribution in [2.24, 2.45) is 0 Å². The summed E-state index contributed by atoms with van der Waals surface area (Å²) in [6.45, 7) is 0. The van der Waals surface area contributed by atoms with Crippen molar-refractivity contribution >= 4 is 48.5 Å². The maximum Gasteiger partial charge on any atom is 0.196 e. The van der Waals surface area contributed by atoms with E-state index in [0.717, 1.165) is 19.8 Å². The number of ether oxygens (including phenoxy) is 1. The van der Waals surface area contributed by atoms with Crippen molar-refractivity contribution in [2.75, 3.05) is 7.11 Å². The molecule has 0 aliphatic heterocycles. The Bertz CT molecular complexity index is 839. The molecule has 106 valence electrons. The van der Waals surface area contributed by atoms with Gasteiger partial charge in [0, 0.05) is 26.2 Å². The molecule has 1 heterocycles. The van der Waals surface area contributed by atoms with Crippen LogP contribution in [0.25, 0.3) is 10.9 Å². The van der Waals surface area contributed by atoms with Gasteiger partial charge in [0.2, 0.25) is 0 Å². The van der Waals surface area contributed by atoms with Crippen molar-refractivity contribution in [3.05, 3.63) is 62.7 Å². The van der Waals surface area contributed by atoms with E-state index in [1.165, 1.54) is 0 Å². The summed E-state index contributed by atoms with van der Waals surface area (Å²) in [4.78, 5) is 16.0. The van der Waals surface area contributed by atoms with Crippen LogP contribution in [-0.2, 0) is 0 Å². The van der Waals surface area contributed by atoms with Crippen LogP contribution in [0.15, 0.2) is 51.5 Å². The lowest BCUT2D eigenvalue weighted by atomic mass is 10.0. The Morgan fingerprint density at radius 3 is 2.71 bits per heavy atom. The third-order valence-electron chi connectivity index (χ3n) is 3.31. The first-order valence-electron chi connectivity index (χ1n) is 6.25. The molecule has 0 spiro atoms. The van der Waals surface area contributed by atoms with E-state index >= 15 is 0 Å². The number of H-pyrrole nitrogens is 1. The minimum absolute atomic E-state index is 0.0566. The predicted molar refractivity (Wildman–Crippen MR) is 90.1 cm³/mol. The molecular formula is C16H11Br2NO2. The zero-order chi connectivity index (χ0) is 15.0. The minimum Gasteiger partial charge on any atom is -0.496 e. The maximum absolute atomic E-state index is 12.8. The third kappa shape index (κ3) is 2.51. The fourth-order valence-electron chi connectivity index (χ4n) is 2.32. The van der Waals surface area contributed by atoms with Gasteiger partial charge in [0.25, 0.3) is 0 Å². The molecule has 1 N–H and O–H groups in total. The summed E-state index contributed by atoms with van der Waals surface area (Å²) < 4.78 is 7.00. The number of ketones is 1. The highest BCUT2D eigenvalue weighted by Gasteiger charge is 2.19. The third-order valence-corrected chi connectivity index (χ3v) is 4.49. The Morgan fingerprint density at radius 1 is 1.14 bits per heavy atom. The molecule has 5 heteroatoms. The zero-order valence-corrected chi connectivity index (χ0v) is 14.3. The minimum atomic E-state index is -0.0566. The summed E-state index contributed by atoms with van der Waals surface area (Å²) >= 11 is 6.83. The lowest BCUT2D eigenvalue weighted by Crippen LogP contribution is -2.02. The van der Waals surface area contributed by atoms with E-state index < -0.39 is 0 Å². The first-order chi connectivity index (χ1) is 10.1. The Kier molecular flexibility index (Phi) is 3.87. The molecular weight excluding hydrogens is 398 g/mol. The highest BCUT2D eigenvalue weighted by atomic mass is 79.9. The van der Waals surface area contributed by atoms with Crippen LogP contribution in [0.4, 0.5) is 0 Å². The van der Waals surface area contributed by atoms with E-state index in [0.29, 0.717) is 16.9 Å². The molecule has 3 nitrogen and oxygen atoms in total. The number of hydrogen-bond acceptors (Lipinski definition) is 2. The van der Waals surface area contributed by atoms with Crippen molar-refractivity contribution in [3.63, 3.8) is 0 Å². The summed E-state index contributed by atoms with van der Waals surface area (Å²) in [5, 5.41) is 0.803. The quantitative estimate of drug-likeness (QED) is 0.624. The first-order valence-corrected chi connectivity index (χ1v) is 7.84. The smallest absolute Gasteiger partial charge is 0.196 e. The van der Waals surface area contributed by atoms with Crippen LogP contribution in [0.2, 0.25) is 0 Å². The van der Waals surface area contributed by atoms with E-state index in [-0.39, 0.29) is 5.78 Å². The predicted octanol–water partition coefficient (Wildman–Crippen LogP) is 4.93. The van der Waals surface area contributed by atoms with Crippen LogP contribution in [-0.4, -0.2) is 17.9 Å². The zero-order valence-electron chi connectivity index (χ0n) is 11.1. The second-order valence-corrected chi connectivity index (χ2v) is 6.31. The number of aromatic nitrogens is 1. The number of halogens is 2. The molecule has 0 aliphatic rings. The van der Waals surface area contributed by atoms with Gasteiger partial charge in [0.15, 0.2) is 5.78 Å². The largest absolute Gasteiger partial charge is 0.496 e. The van der Waals surface area contributed by atoms with Gasteiger partial charge in [-0.25, -0.2) is 0 Å². The van der Waals surface area contributed by atoms with Gasteiger partial charge in [0.1, 0.15) is 5.75 Å². The molecule has 0 aliphatic carbocycles. The van der Waals surface area contributed by atoms with Gasteiger partial charge in [0.05, 0.1) is 18.1 Å². The molecule has 21 heavy (non-hydrogen) atoms. The van der Waals surface area contributed by atoms with E-state index in [4.69, 9.17) is 4.74 Å². The summed E-state index contributed by atoms with van der Waals surface area (Å²) in [5.41, 5.74) is 2.08. The lowest BCUT2D eigenvalue weighted by molar-refractivity contribution is 0.103. The summed E-state index contributed by atoms with van der Waals surface area (Å²) in [6.07, 6.45) is 1.73. The first kappa shape index (κ1) is 14.4. The van der Waals surface area contributed by atoms with Gasteiger partial charge < -0.3 is 9.72 Å². The fraction of sp³-hybridized carbons (Fsp3) is 0.0625. The van der Waals surface area contributed by atoms with Crippen molar-refractivity contribution in [1.29, 1.82) is 0 Å². The molecule has 3 aromatic rings. The molecule has 3 rings (SSSR count). The van der Waals surface area contributed by atoms with Gasteiger partial charge in [-0.05, 0) is 30.3 Å². The van der Waals surface area contributed by atoms with E-state index in [1.54, 1.807) is 19.4 Å². The Morgan fingerprint density at radius 2 is 1.95 bits per heavy atom. The number of fused-ring (bicyclic) bond motifs is 1. The molecule has 0 fully saturated rings. The number of methoxy groups -OCH3 is 1. The molecule has 0 unspecified atom stereocenters. The number of rotatable bonds is 3. The SMILES string of the molecule is COc1cccc2[nH]cc(C(=O)c3cc(Br)ccc3Br)c12. The molecule has 1 aromatic heterocycles. The number of carbonyl (C=O) groups excluding carboxylic acids is 1. The van der Waals surface area contributed by atoms with Gasteiger partial charge in [-0.3, -0.25) is 4.79 Å². The second-order valence-electron chi connectivity index (χ2n) is 4.54. The molecule has 0 saturated carbocycles. The fourth-order valence-corrected chi connectivity index (χ4v) is 3.10. The topological polar surface area (TPSA) is 42.1 Å². The molecule has 0 atom stereocenters. The average molecular weight is 409 g/mol. The summed E-state index contributed by atoms with van der Waals surface area (Å²) in [7, 11) is 1.60. The maximum atomic E-state index is 12.8. The van der Waals surface area contributed by atoms with Crippen molar-refractivity contribution < 1.29 is 9.53 Å². The van der Waals surface area contributed by atoms with Crippen LogP contribution in [0.5, 0.6) is 5.75 Å². The van der Waals surface area contributed by atoms with Gasteiger partial charge in [-0.2, -0.15) is 0 Å². The van der Waals surface area contributed by atoms with Gasteiger partial charge in [-0.1, -0.05) is 37.9 Å². The monoisotopic (exact) mass is 407 g/mol. The Hall–Kier alpha value is -1.59. The normalized spacial score (nSPS) is 10.8. The number of benzene rings is 2. The highest BCUT2D eigenvalue weighted by molar-refractivity contribution is 9.11. The van der Waals surface area contributed by atoms with Crippen molar-refractivity contribution in [1.82, 2.24) is 4.98 Å². The van der Waals surface area contributed by atoms with Crippen molar-refractivity contribution in [3.8, 4) is 5.75 Å².